The van der Waals surface area contributed by atoms with Gasteiger partial charge in [0.15, 0.2) is 0 Å². The first-order valence-electron chi connectivity index (χ1n) is 9.44. The van der Waals surface area contributed by atoms with Crippen LogP contribution in [0.25, 0.3) is 0 Å². The van der Waals surface area contributed by atoms with Crippen molar-refractivity contribution >= 4 is 29.5 Å². The highest BCUT2D eigenvalue weighted by Gasteiger charge is 2.19. The molecule has 0 saturated heterocycles. The van der Waals surface area contributed by atoms with Gasteiger partial charge in [0, 0.05) is 12.1 Å². The largest absolute Gasteiger partial charge is 0.304 e. The zero-order valence-corrected chi connectivity index (χ0v) is 16.5. The van der Waals surface area contributed by atoms with Gasteiger partial charge in [0.25, 0.3) is 0 Å². The predicted molar refractivity (Wildman–Crippen MR) is 122 cm³/mol. The molecule has 0 fully saturated rings. The fourth-order valence-electron chi connectivity index (χ4n) is 3.39. The van der Waals surface area contributed by atoms with Crippen LogP contribution in [-0.2, 0) is 6.42 Å². The van der Waals surface area contributed by atoms with Gasteiger partial charge in [-0.15, -0.1) is 0 Å². The van der Waals surface area contributed by atoms with Crippen molar-refractivity contribution in [2.24, 2.45) is 0 Å². The van der Waals surface area contributed by atoms with E-state index in [2.05, 4.69) is 84.9 Å². The van der Waals surface area contributed by atoms with Crippen LogP contribution < -0.4 is 15.9 Å². The average molecular weight is 379 g/mol. The molecule has 0 aromatic heterocycles. The van der Waals surface area contributed by atoms with Gasteiger partial charge in [0.1, 0.15) is 0 Å². The molecule has 0 spiro atoms. The average Bonchev–Trinajstić information content (AvgIpc) is 2.77. The molecule has 0 radical (unpaired) electrons. The van der Waals surface area contributed by atoms with Crippen molar-refractivity contribution in [2.45, 2.75) is 6.42 Å². The Hall–Kier alpha value is -3.02. The van der Waals surface area contributed by atoms with Crippen LogP contribution in [0.2, 0.25) is 0 Å². The van der Waals surface area contributed by atoms with Crippen LogP contribution in [0.1, 0.15) is 11.1 Å². The second kappa shape index (κ2) is 8.78. The van der Waals surface area contributed by atoms with E-state index in [0.717, 1.165) is 5.56 Å². The molecule has 1 N–H and O–H groups in total. The Balaban J connectivity index is 1.77. The summed E-state index contributed by atoms with van der Waals surface area (Å²) in [6.45, 7) is 0. The number of hydrogen-bond acceptors (Lipinski definition) is 1. The maximum Gasteiger partial charge on any atom is 0.0430 e. The zero-order chi connectivity index (χ0) is 19.2. The number of benzene rings is 4. The third-order valence-electron chi connectivity index (χ3n) is 4.75. The summed E-state index contributed by atoms with van der Waals surface area (Å²) < 4.78 is 0. The van der Waals surface area contributed by atoms with E-state index in [1.807, 2.05) is 30.3 Å². The van der Waals surface area contributed by atoms with Crippen LogP contribution in [0, 0.1) is 5.41 Å². The number of nitrogens with one attached hydrogen (secondary N) is 1. The highest BCUT2D eigenvalue weighted by Crippen LogP contribution is 2.34. The third kappa shape index (κ3) is 4.11. The van der Waals surface area contributed by atoms with Crippen molar-refractivity contribution < 1.29 is 0 Å². The lowest BCUT2D eigenvalue weighted by atomic mass is 10.0. The summed E-state index contributed by atoms with van der Waals surface area (Å²) in [5.74, 6) is 0. The fraction of sp³-hybridized carbons (Fsp3) is 0.0385. The maximum atomic E-state index is 8.62. The van der Waals surface area contributed by atoms with E-state index in [9.17, 15) is 0 Å². The Morgan fingerprint density at radius 3 is 1.61 bits per heavy atom. The van der Waals surface area contributed by atoms with E-state index in [1.54, 1.807) is 0 Å². The summed E-state index contributed by atoms with van der Waals surface area (Å²) in [6.07, 6.45) is 0.638. The van der Waals surface area contributed by atoms with Crippen LogP contribution in [0.3, 0.4) is 0 Å². The van der Waals surface area contributed by atoms with E-state index >= 15 is 0 Å². The molecule has 0 saturated carbocycles. The molecule has 0 aliphatic carbocycles. The predicted octanol–water partition coefficient (Wildman–Crippen LogP) is 5.06. The highest BCUT2D eigenvalue weighted by atomic mass is 31.1. The van der Waals surface area contributed by atoms with Gasteiger partial charge in [-0.05, 0) is 35.0 Å². The summed E-state index contributed by atoms with van der Waals surface area (Å²) in [7, 11) is -0.663. The van der Waals surface area contributed by atoms with Gasteiger partial charge in [-0.3, -0.25) is 0 Å². The smallest absolute Gasteiger partial charge is 0.0430 e. The SMILES string of the molecule is N=C(Cc1ccccc1P(c1ccccc1)c1ccccc1)c1ccccc1. The molecule has 136 valence electrons. The van der Waals surface area contributed by atoms with Gasteiger partial charge in [0.05, 0.1) is 0 Å². The molecule has 0 amide bonds. The molecule has 0 bridgehead atoms. The maximum absolute atomic E-state index is 8.62. The van der Waals surface area contributed by atoms with Crippen LogP contribution in [-0.4, -0.2) is 5.71 Å². The molecule has 4 aromatic rings. The van der Waals surface area contributed by atoms with E-state index in [-0.39, 0.29) is 0 Å². The second-order valence-corrected chi connectivity index (χ2v) is 8.84. The normalized spacial score (nSPS) is 10.8. The van der Waals surface area contributed by atoms with Gasteiger partial charge in [-0.2, -0.15) is 0 Å². The Morgan fingerprint density at radius 2 is 1.04 bits per heavy atom. The molecular formula is C26H22NP. The van der Waals surface area contributed by atoms with Crippen LogP contribution >= 0.6 is 7.92 Å². The number of hydrogen-bond donors (Lipinski definition) is 1. The van der Waals surface area contributed by atoms with Crippen molar-refractivity contribution in [3.63, 3.8) is 0 Å². The molecule has 0 unspecified atom stereocenters. The van der Waals surface area contributed by atoms with Gasteiger partial charge < -0.3 is 5.41 Å². The van der Waals surface area contributed by atoms with Crippen molar-refractivity contribution in [3.05, 3.63) is 126 Å². The van der Waals surface area contributed by atoms with Crippen LogP contribution in [0.4, 0.5) is 0 Å². The minimum absolute atomic E-state index is 0.638. The minimum atomic E-state index is -0.663. The summed E-state index contributed by atoms with van der Waals surface area (Å²) in [5.41, 5.74) is 2.88. The standard InChI is InChI=1S/C26H22NP/c27-25(21-12-4-1-5-13-21)20-22-14-10-11-19-26(22)28(23-15-6-2-7-16-23)24-17-8-3-9-18-24/h1-19,27H,20H2. The van der Waals surface area contributed by atoms with Crippen molar-refractivity contribution in [2.75, 3.05) is 0 Å². The Labute approximate surface area is 168 Å². The molecule has 0 atom stereocenters. The van der Waals surface area contributed by atoms with E-state index in [1.165, 1.54) is 21.5 Å². The van der Waals surface area contributed by atoms with E-state index in [0.29, 0.717) is 12.1 Å². The molecule has 1 nitrogen and oxygen atoms in total. The topological polar surface area (TPSA) is 23.9 Å². The summed E-state index contributed by atoms with van der Waals surface area (Å²) >= 11 is 0. The molecule has 0 aliphatic rings. The van der Waals surface area contributed by atoms with Gasteiger partial charge in [-0.25, -0.2) is 0 Å². The number of rotatable bonds is 6. The monoisotopic (exact) mass is 379 g/mol. The first kappa shape index (κ1) is 18.3. The van der Waals surface area contributed by atoms with Crippen LogP contribution in [0.5, 0.6) is 0 Å². The minimum Gasteiger partial charge on any atom is -0.304 e. The second-order valence-electron chi connectivity index (χ2n) is 6.66. The first-order chi connectivity index (χ1) is 13.8. The Kier molecular flexibility index (Phi) is 5.75. The third-order valence-corrected chi connectivity index (χ3v) is 7.30. The van der Waals surface area contributed by atoms with Gasteiger partial charge in [-0.1, -0.05) is 115 Å². The molecule has 4 rings (SSSR count). The van der Waals surface area contributed by atoms with Gasteiger partial charge in [0.2, 0.25) is 0 Å². The quantitative estimate of drug-likeness (QED) is 0.358. The van der Waals surface area contributed by atoms with Crippen molar-refractivity contribution in [1.82, 2.24) is 0 Å². The van der Waals surface area contributed by atoms with Gasteiger partial charge >= 0.3 is 0 Å². The molecule has 0 heterocycles. The van der Waals surface area contributed by atoms with Crippen molar-refractivity contribution in [3.8, 4) is 0 Å². The molecule has 0 aliphatic heterocycles. The Bertz CT molecular complexity index is 1000. The summed E-state index contributed by atoms with van der Waals surface area (Å²) in [5, 5.41) is 12.6. The zero-order valence-electron chi connectivity index (χ0n) is 15.6. The van der Waals surface area contributed by atoms with Crippen molar-refractivity contribution in [1.29, 1.82) is 5.41 Å². The fourth-order valence-corrected chi connectivity index (χ4v) is 5.86. The lowest BCUT2D eigenvalue weighted by Crippen LogP contribution is -2.24. The molecular weight excluding hydrogens is 357 g/mol. The molecule has 4 aromatic carbocycles. The Morgan fingerprint density at radius 1 is 0.571 bits per heavy atom. The molecule has 28 heavy (non-hydrogen) atoms. The van der Waals surface area contributed by atoms with E-state index in [4.69, 9.17) is 5.41 Å². The highest BCUT2D eigenvalue weighted by molar-refractivity contribution is 7.79. The summed E-state index contributed by atoms with van der Waals surface area (Å²) in [4.78, 5) is 0. The van der Waals surface area contributed by atoms with E-state index < -0.39 is 7.92 Å². The summed E-state index contributed by atoms with van der Waals surface area (Å²) in [6, 6.07) is 40.1. The lowest BCUT2D eigenvalue weighted by molar-refractivity contribution is 1.29. The van der Waals surface area contributed by atoms with Crippen LogP contribution in [0.15, 0.2) is 115 Å². The molecule has 2 heteroatoms. The lowest BCUT2D eigenvalue weighted by Gasteiger charge is -2.22. The first-order valence-corrected chi connectivity index (χ1v) is 10.8.